The van der Waals surface area contributed by atoms with Crippen molar-refractivity contribution in [1.82, 2.24) is 15.2 Å². The lowest BCUT2D eigenvalue weighted by atomic mass is 10.0. The van der Waals surface area contributed by atoms with Gasteiger partial charge in [0.15, 0.2) is 9.84 Å². The first-order valence-electron chi connectivity index (χ1n) is 5.78. The first kappa shape index (κ1) is 15.0. The maximum atomic E-state index is 11.6. The Morgan fingerprint density at radius 1 is 1.45 bits per heavy atom. The highest BCUT2D eigenvalue weighted by atomic mass is 35.5. The van der Waals surface area contributed by atoms with Crippen molar-refractivity contribution in [3.63, 3.8) is 0 Å². The monoisotopic (exact) mass is 314 g/mol. The molecule has 0 amide bonds. The SMILES string of the molecule is Cn1ncc(Cl)c1C(NN)c1cccc(S(C)(=O)=O)c1. The van der Waals surface area contributed by atoms with Gasteiger partial charge < -0.3 is 0 Å². The zero-order valence-corrected chi connectivity index (χ0v) is 12.6. The van der Waals surface area contributed by atoms with Gasteiger partial charge in [0.1, 0.15) is 0 Å². The van der Waals surface area contributed by atoms with Crippen molar-refractivity contribution in [2.45, 2.75) is 10.9 Å². The fourth-order valence-electron chi connectivity index (χ4n) is 2.00. The summed E-state index contributed by atoms with van der Waals surface area (Å²) in [6.45, 7) is 0. The van der Waals surface area contributed by atoms with Crippen LogP contribution in [0.4, 0.5) is 0 Å². The molecule has 0 radical (unpaired) electrons. The molecule has 1 heterocycles. The van der Waals surface area contributed by atoms with Crippen LogP contribution in [0.2, 0.25) is 5.02 Å². The number of aryl methyl sites for hydroxylation is 1. The van der Waals surface area contributed by atoms with Crippen molar-refractivity contribution >= 4 is 21.4 Å². The number of nitrogens with two attached hydrogens (primary N) is 1. The third kappa shape index (κ3) is 2.85. The summed E-state index contributed by atoms with van der Waals surface area (Å²) in [6.07, 6.45) is 2.68. The van der Waals surface area contributed by atoms with Crippen LogP contribution in [0, 0.1) is 0 Å². The average Bonchev–Trinajstić information content (AvgIpc) is 2.71. The highest BCUT2D eigenvalue weighted by molar-refractivity contribution is 7.90. The van der Waals surface area contributed by atoms with Gasteiger partial charge in [-0.2, -0.15) is 5.10 Å². The number of hydrogen-bond donors (Lipinski definition) is 2. The van der Waals surface area contributed by atoms with E-state index in [9.17, 15) is 8.42 Å². The molecule has 0 bridgehead atoms. The van der Waals surface area contributed by atoms with Gasteiger partial charge in [0.2, 0.25) is 0 Å². The fraction of sp³-hybridized carbons (Fsp3) is 0.250. The predicted molar refractivity (Wildman–Crippen MR) is 76.9 cm³/mol. The summed E-state index contributed by atoms with van der Waals surface area (Å²) in [5.41, 5.74) is 4.00. The molecular weight excluding hydrogens is 300 g/mol. The number of halogens is 1. The summed E-state index contributed by atoms with van der Waals surface area (Å²) in [5.74, 6) is 5.59. The van der Waals surface area contributed by atoms with Crippen molar-refractivity contribution < 1.29 is 8.42 Å². The van der Waals surface area contributed by atoms with Crippen molar-refractivity contribution in [2.24, 2.45) is 12.9 Å². The summed E-state index contributed by atoms with van der Waals surface area (Å²) < 4.78 is 24.8. The summed E-state index contributed by atoms with van der Waals surface area (Å²) in [5, 5.41) is 4.51. The molecule has 6 nitrogen and oxygen atoms in total. The molecule has 0 aliphatic heterocycles. The maximum Gasteiger partial charge on any atom is 0.175 e. The number of aromatic nitrogens is 2. The van der Waals surface area contributed by atoms with Gasteiger partial charge in [-0.25, -0.2) is 13.8 Å². The van der Waals surface area contributed by atoms with E-state index in [2.05, 4.69) is 10.5 Å². The summed E-state index contributed by atoms with van der Waals surface area (Å²) in [7, 11) is -1.54. The zero-order chi connectivity index (χ0) is 14.9. The molecule has 0 saturated heterocycles. The molecule has 0 aliphatic carbocycles. The molecule has 0 spiro atoms. The van der Waals surface area contributed by atoms with Crippen LogP contribution in [0.5, 0.6) is 0 Å². The number of hydrazine groups is 1. The Morgan fingerprint density at radius 2 is 2.15 bits per heavy atom. The van der Waals surface area contributed by atoms with Crippen LogP contribution < -0.4 is 11.3 Å². The Labute approximate surface area is 122 Å². The number of nitrogens with one attached hydrogen (secondary N) is 1. The summed E-state index contributed by atoms with van der Waals surface area (Å²) in [6, 6.07) is 6.11. The van der Waals surface area contributed by atoms with Crippen LogP contribution >= 0.6 is 11.6 Å². The van der Waals surface area contributed by atoms with Gasteiger partial charge in [-0.1, -0.05) is 23.7 Å². The van der Waals surface area contributed by atoms with E-state index >= 15 is 0 Å². The Balaban J connectivity index is 2.54. The normalized spacial score (nSPS) is 13.4. The Hall–Kier alpha value is -1.41. The van der Waals surface area contributed by atoms with Crippen molar-refractivity contribution in [3.8, 4) is 0 Å². The van der Waals surface area contributed by atoms with Gasteiger partial charge in [-0.3, -0.25) is 10.5 Å². The van der Waals surface area contributed by atoms with E-state index in [1.54, 1.807) is 29.9 Å². The number of hydrogen-bond acceptors (Lipinski definition) is 5. The first-order valence-corrected chi connectivity index (χ1v) is 8.05. The minimum absolute atomic E-state index is 0.230. The molecule has 0 aliphatic rings. The van der Waals surface area contributed by atoms with E-state index in [-0.39, 0.29) is 4.90 Å². The largest absolute Gasteiger partial charge is 0.271 e. The molecule has 0 saturated carbocycles. The van der Waals surface area contributed by atoms with E-state index in [0.717, 1.165) is 6.26 Å². The molecule has 1 aromatic heterocycles. The van der Waals surface area contributed by atoms with Crippen LogP contribution in [0.15, 0.2) is 35.4 Å². The molecule has 2 aromatic rings. The second-order valence-electron chi connectivity index (χ2n) is 4.45. The Morgan fingerprint density at radius 3 is 2.65 bits per heavy atom. The van der Waals surface area contributed by atoms with Crippen LogP contribution in [-0.2, 0) is 16.9 Å². The Kier molecular flexibility index (Phi) is 4.14. The van der Waals surface area contributed by atoms with Crippen LogP contribution in [0.1, 0.15) is 17.3 Å². The van der Waals surface area contributed by atoms with Crippen molar-refractivity contribution in [2.75, 3.05) is 6.26 Å². The smallest absolute Gasteiger partial charge is 0.175 e. The highest BCUT2D eigenvalue weighted by Crippen LogP contribution is 2.28. The lowest BCUT2D eigenvalue weighted by Crippen LogP contribution is -2.30. The molecule has 2 rings (SSSR count). The minimum atomic E-state index is -3.28. The zero-order valence-electron chi connectivity index (χ0n) is 11.0. The molecule has 1 atom stereocenters. The first-order chi connectivity index (χ1) is 9.34. The van der Waals surface area contributed by atoms with Gasteiger partial charge in [-0.05, 0) is 17.7 Å². The molecule has 0 fully saturated rings. The number of rotatable bonds is 4. The van der Waals surface area contributed by atoms with Gasteiger partial charge in [-0.15, -0.1) is 0 Å². The molecular formula is C12H15ClN4O2S. The van der Waals surface area contributed by atoms with E-state index in [1.807, 2.05) is 0 Å². The Bertz CT molecular complexity index is 707. The van der Waals surface area contributed by atoms with E-state index in [0.29, 0.717) is 16.3 Å². The van der Waals surface area contributed by atoms with E-state index < -0.39 is 15.9 Å². The third-order valence-electron chi connectivity index (χ3n) is 3.00. The molecule has 3 N–H and O–H groups in total. The van der Waals surface area contributed by atoms with Crippen LogP contribution in [-0.4, -0.2) is 24.5 Å². The molecule has 20 heavy (non-hydrogen) atoms. The van der Waals surface area contributed by atoms with Gasteiger partial charge in [0.25, 0.3) is 0 Å². The van der Waals surface area contributed by atoms with E-state index in [4.69, 9.17) is 17.4 Å². The second kappa shape index (κ2) is 5.53. The summed E-state index contributed by atoms with van der Waals surface area (Å²) >= 11 is 6.10. The second-order valence-corrected chi connectivity index (χ2v) is 6.87. The maximum absolute atomic E-state index is 11.6. The molecule has 1 aromatic carbocycles. The topological polar surface area (TPSA) is 90.0 Å². The predicted octanol–water partition coefficient (Wildman–Crippen LogP) is 1.03. The van der Waals surface area contributed by atoms with Gasteiger partial charge in [0, 0.05) is 13.3 Å². The fourth-order valence-corrected chi connectivity index (χ4v) is 2.95. The molecule has 1 unspecified atom stereocenters. The number of nitrogens with zero attached hydrogens (tertiary/aromatic N) is 2. The van der Waals surface area contributed by atoms with E-state index in [1.165, 1.54) is 12.3 Å². The van der Waals surface area contributed by atoms with Gasteiger partial charge in [0.05, 0.1) is 27.9 Å². The average molecular weight is 315 g/mol. The number of benzene rings is 1. The minimum Gasteiger partial charge on any atom is -0.271 e. The van der Waals surface area contributed by atoms with Gasteiger partial charge >= 0.3 is 0 Å². The molecule has 8 heteroatoms. The molecule has 108 valence electrons. The third-order valence-corrected chi connectivity index (χ3v) is 4.40. The van der Waals surface area contributed by atoms with Crippen molar-refractivity contribution in [1.29, 1.82) is 0 Å². The number of sulfone groups is 1. The van der Waals surface area contributed by atoms with Crippen molar-refractivity contribution in [3.05, 3.63) is 46.7 Å². The quantitative estimate of drug-likeness (QED) is 0.650. The standard InChI is InChI=1S/C12H15ClN4O2S/c1-17-12(10(13)7-15-17)11(16-14)8-4-3-5-9(6-8)20(2,18)19/h3-7,11,16H,14H2,1-2H3. The highest BCUT2D eigenvalue weighted by Gasteiger charge is 2.21. The lowest BCUT2D eigenvalue weighted by molar-refractivity contribution is 0.573. The summed E-state index contributed by atoms with van der Waals surface area (Å²) in [4.78, 5) is 0.230. The van der Waals surface area contributed by atoms with Crippen LogP contribution in [0.3, 0.4) is 0 Å². The van der Waals surface area contributed by atoms with Crippen LogP contribution in [0.25, 0.3) is 0 Å². The lowest BCUT2D eigenvalue weighted by Gasteiger charge is -2.18.